The van der Waals surface area contributed by atoms with Crippen LogP contribution in [0.5, 0.6) is 11.5 Å². The molecule has 0 aliphatic carbocycles. The van der Waals surface area contributed by atoms with Crippen molar-refractivity contribution in [1.29, 1.82) is 0 Å². The molecule has 2 heterocycles. The number of likely N-dealkylation sites (tertiary alicyclic amines) is 1. The zero-order valence-electron chi connectivity index (χ0n) is 18.3. The second-order valence-electron chi connectivity index (χ2n) is 7.98. The summed E-state index contributed by atoms with van der Waals surface area (Å²) in [5.41, 5.74) is 4.91. The Kier molecular flexibility index (Phi) is 6.21. The van der Waals surface area contributed by atoms with Crippen LogP contribution >= 0.6 is 0 Å². The van der Waals surface area contributed by atoms with Crippen molar-refractivity contribution in [2.45, 2.75) is 25.7 Å². The number of carbonyl (C=O) groups is 1. The number of piperidine rings is 1. The number of ether oxygens (including phenoxy) is 2. The summed E-state index contributed by atoms with van der Waals surface area (Å²) in [5.74, 6) is 1.79. The molecule has 5 nitrogen and oxygen atoms in total. The van der Waals surface area contributed by atoms with E-state index in [1.54, 1.807) is 20.3 Å². The minimum absolute atomic E-state index is 0.0456. The molecule has 0 spiro atoms. The fourth-order valence-electron chi connectivity index (χ4n) is 4.21. The van der Waals surface area contributed by atoms with Crippen molar-refractivity contribution in [3.8, 4) is 22.6 Å². The van der Waals surface area contributed by atoms with E-state index in [2.05, 4.69) is 18.2 Å². The van der Waals surface area contributed by atoms with Crippen molar-refractivity contribution >= 4 is 5.91 Å². The molecule has 31 heavy (non-hydrogen) atoms. The summed E-state index contributed by atoms with van der Waals surface area (Å²) in [5, 5.41) is 0. The number of benzene rings is 2. The third-order valence-corrected chi connectivity index (χ3v) is 5.82. The van der Waals surface area contributed by atoms with Gasteiger partial charge in [-0.3, -0.25) is 9.78 Å². The van der Waals surface area contributed by atoms with E-state index in [9.17, 15) is 4.79 Å². The Morgan fingerprint density at radius 2 is 1.71 bits per heavy atom. The first-order chi connectivity index (χ1) is 15.1. The van der Waals surface area contributed by atoms with Gasteiger partial charge in [0.2, 0.25) is 0 Å². The maximum absolute atomic E-state index is 13.1. The Morgan fingerprint density at radius 3 is 2.48 bits per heavy atom. The van der Waals surface area contributed by atoms with Crippen LogP contribution in [-0.2, 0) is 0 Å². The van der Waals surface area contributed by atoms with Crippen LogP contribution in [0.3, 0.4) is 0 Å². The van der Waals surface area contributed by atoms with Gasteiger partial charge in [-0.1, -0.05) is 18.2 Å². The number of rotatable bonds is 5. The minimum atomic E-state index is 0.0456. The molecule has 5 heteroatoms. The topological polar surface area (TPSA) is 51.7 Å². The predicted molar refractivity (Wildman–Crippen MR) is 122 cm³/mol. The Morgan fingerprint density at radius 1 is 0.968 bits per heavy atom. The number of amides is 1. The molecule has 1 aromatic heterocycles. The van der Waals surface area contributed by atoms with Gasteiger partial charge in [0.1, 0.15) is 11.5 Å². The molecule has 1 aliphatic rings. The van der Waals surface area contributed by atoms with E-state index in [4.69, 9.17) is 14.5 Å². The molecule has 1 atom stereocenters. The predicted octanol–water partition coefficient (Wildman–Crippen LogP) is 5.09. The first kappa shape index (κ1) is 20.9. The standard InChI is InChI=1S/C26H28N2O3/c1-18-13-22(19-7-4-10-23(14-19)30-2)16-25(27-18)21-9-6-12-28(17-21)26(29)20-8-5-11-24(15-20)31-3/h4-5,7-8,10-11,13-16,21H,6,9,12,17H2,1-3H3/t21-/m1/s1. The SMILES string of the molecule is COc1cccc(C(=O)N2CCC[C@@H](c3cc(-c4cccc(OC)c4)cc(C)n3)C2)c1. The molecular formula is C26H28N2O3. The molecule has 1 saturated heterocycles. The van der Waals surface area contributed by atoms with Gasteiger partial charge in [0, 0.05) is 36.0 Å². The molecule has 1 fully saturated rings. The van der Waals surface area contributed by atoms with Gasteiger partial charge in [-0.15, -0.1) is 0 Å². The molecule has 1 aliphatic heterocycles. The summed E-state index contributed by atoms with van der Waals surface area (Å²) in [4.78, 5) is 19.9. The van der Waals surface area contributed by atoms with Crippen molar-refractivity contribution in [2.75, 3.05) is 27.3 Å². The smallest absolute Gasteiger partial charge is 0.254 e. The summed E-state index contributed by atoms with van der Waals surface area (Å²) in [6.45, 7) is 3.46. The summed E-state index contributed by atoms with van der Waals surface area (Å²) in [7, 11) is 3.29. The van der Waals surface area contributed by atoms with E-state index in [1.807, 2.05) is 48.2 Å². The molecule has 3 aromatic rings. The van der Waals surface area contributed by atoms with E-state index < -0.39 is 0 Å². The lowest BCUT2D eigenvalue weighted by atomic mass is 9.91. The first-order valence-electron chi connectivity index (χ1n) is 10.6. The van der Waals surface area contributed by atoms with Crippen LogP contribution in [0.4, 0.5) is 0 Å². The zero-order chi connectivity index (χ0) is 21.8. The van der Waals surface area contributed by atoms with Gasteiger partial charge in [-0.25, -0.2) is 0 Å². The lowest BCUT2D eigenvalue weighted by molar-refractivity contribution is 0.0705. The highest BCUT2D eigenvalue weighted by molar-refractivity contribution is 5.94. The number of aryl methyl sites for hydroxylation is 1. The fourth-order valence-corrected chi connectivity index (χ4v) is 4.21. The highest BCUT2D eigenvalue weighted by Gasteiger charge is 2.27. The molecule has 1 amide bonds. The third kappa shape index (κ3) is 4.71. The van der Waals surface area contributed by atoms with Gasteiger partial charge < -0.3 is 14.4 Å². The van der Waals surface area contributed by atoms with E-state index >= 15 is 0 Å². The highest BCUT2D eigenvalue weighted by Crippen LogP contribution is 2.31. The average Bonchev–Trinajstić information content (AvgIpc) is 2.83. The first-order valence-corrected chi connectivity index (χ1v) is 10.6. The molecule has 4 rings (SSSR count). The Labute approximate surface area is 183 Å². The molecular weight excluding hydrogens is 388 g/mol. The Balaban J connectivity index is 1.58. The maximum Gasteiger partial charge on any atom is 0.254 e. The molecule has 160 valence electrons. The molecule has 0 unspecified atom stereocenters. The van der Waals surface area contributed by atoms with Crippen LogP contribution < -0.4 is 9.47 Å². The van der Waals surface area contributed by atoms with Gasteiger partial charge in [0.25, 0.3) is 5.91 Å². The van der Waals surface area contributed by atoms with E-state index in [0.29, 0.717) is 17.9 Å². The van der Waals surface area contributed by atoms with Crippen LogP contribution in [0, 0.1) is 6.92 Å². The summed E-state index contributed by atoms with van der Waals surface area (Å²) < 4.78 is 10.7. The second kappa shape index (κ2) is 9.21. The lowest BCUT2D eigenvalue weighted by Gasteiger charge is -2.33. The number of pyridine rings is 1. The van der Waals surface area contributed by atoms with Crippen molar-refractivity contribution in [1.82, 2.24) is 9.88 Å². The fraction of sp³-hybridized carbons (Fsp3) is 0.308. The van der Waals surface area contributed by atoms with Crippen molar-refractivity contribution in [3.05, 3.63) is 77.6 Å². The van der Waals surface area contributed by atoms with E-state index in [0.717, 1.165) is 47.7 Å². The number of aromatic nitrogens is 1. The third-order valence-electron chi connectivity index (χ3n) is 5.82. The number of carbonyl (C=O) groups excluding carboxylic acids is 1. The van der Waals surface area contributed by atoms with Crippen molar-refractivity contribution < 1.29 is 14.3 Å². The van der Waals surface area contributed by atoms with Gasteiger partial charge >= 0.3 is 0 Å². The highest BCUT2D eigenvalue weighted by atomic mass is 16.5. The van der Waals surface area contributed by atoms with Crippen LogP contribution in [0.2, 0.25) is 0 Å². The van der Waals surface area contributed by atoms with Gasteiger partial charge in [0.05, 0.1) is 14.2 Å². The largest absolute Gasteiger partial charge is 0.497 e. The van der Waals surface area contributed by atoms with Crippen molar-refractivity contribution in [2.24, 2.45) is 0 Å². The summed E-state index contributed by atoms with van der Waals surface area (Å²) in [6, 6.07) is 19.7. The quantitative estimate of drug-likeness (QED) is 0.581. The summed E-state index contributed by atoms with van der Waals surface area (Å²) >= 11 is 0. The molecule has 2 aromatic carbocycles. The summed E-state index contributed by atoms with van der Waals surface area (Å²) in [6.07, 6.45) is 1.99. The number of methoxy groups -OCH3 is 2. The zero-order valence-corrected chi connectivity index (χ0v) is 18.3. The Bertz CT molecular complexity index is 1080. The minimum Gasteiger partial charge on any atom is -0.497 e. The molecule has 0 saturated carbocycles. The number of hydrogen-bond donors (Lipinski definition) is 0. The van der Waals surface area contributed by atoms with Crippen LogP contribution in [-0.4, -0.2) is 43.1 Å². The van der Waals surface area contributed by atoms with Crippen molar-refractivity contribution in [3.63, 3.8) is 0 Å². The maximum atomic E-state index is 13.1. The van der Waals surface area contributed by atoms with Gasteiger partial charge in [-0.2, -0.15) is 0 Å². The van der Waals surface area contributed by atoms with Crippen LogP contribution in [0.25, 0.3) is 11.1 Å². The van der Waals surface area contributed by atoms with Crippen LogP contribution in [0.1, 0.15) is 40.5 Å². The normalized spacial score (nSPS) is 16.1. The Hall–Kier alpha value is -3.34. The van der Waals surface area contributed by atoms with E-state index in [1.165, 1.54) is 0 Å². The van der Waals surface area contributed by atoms with Gasteiger partial charge in [-0.05, 0) is 73.4 Å². The average molecular weight is 417 g/mol. The van der Waals surface area contributed by atoms with Gasteiger partial charge in [0.15, 0.2) is 0 Å². The van der Waals surface area contributed by atoms with E-state index in [-0.39, 0.29) is 11.8 Å². The van der Waals surface area contributed by atoms with Crippen LogP contribution in [0.15, 0.2) is 60.7 Å². The lowest BCUT2D eigenvalue weighted by Crippen LogP contribution is -2.39. The second-order valence-corrected chi connectivity index (χ2v) is 7.98. The molecule has 0 N–H and O–H groups in total. The monoisotopic (exact) mass is 416 g/mol. The number of hydrogen-bond acceptors (Lipinski definition) is 4. The molecule has 0 bridgehead atoms. The molecule has 0 radical (unpaired) electrons. The number of nitrogens with zero attached hydrogens (tertiary/aromatic N) is 2.